The van der Waals surface area contributed by atoms with Crippen molar-refractivity contribution in [3.8, 4) is 0 Å². The topological polar surface area (TPSA) is 86.0 Å². The highest BCUT2D eigenvalue weighted by atomic mass is 16.5. The summed E-state index contributed by atoms with van der Waals surface area (Å²) >= 11 is 0. The Balaban J connectivity index is 1.57. The average molecular weight is 328 g/mol. The van der Waals surface area contributed by atoms with Crippen molar-refractivity contribution in [2.45, 2.75) is 44.9 Å². The van der Waals surface area contributed by atoms with E-state index in [1.165, 1.54) is 6.33 Å². The molecule has 0 unspecified atom stereocenters. The fourth-order valence-corrected chi connectivity index (χ4v) is 3.50. The van der Waals surface area contributed by atoms with Gasteiger partial charge in [0.2, 0.25) is 0 Å². The van der Waals surface area contributed by atoms with Crippen molar-refractivity contribution in [1.29, 1.82) is 0 Å². The lowest BCUT2D eigenvalue weighted by atomic mass is 9.99. The van der Waals surface area contributed by atoms with Gasteiger partial charge in [-0.25, -0.2) is 14.6 Å². The zero-order valence-electron chi connectivity index (χ0n) is 13.6. The van der Waals surface area contributed by atoms with Crippen LogP contribution in [-0.2, 0) is 17.8 Å². The van der Waals surface area contributed by atoms with E-state index in [2.05, 4.69) is 27.2 Å². The molecule has 126 valence electrons. The third-order valence-electron chi connectivity index (χ3n) is 4.73. The van der Waals surface area contributed by atoms with Crippen LogP contribution < -0.4 is 0 Å². The summed E-state index contributed by atoms with van der Waals surface area (Å²) in [6.45, 7) is 3.85. The molecule has 4 rings (SSSR count). The van der Waals surface area contributed by atoms with E-state index >= 15 is 0 Å². The van der Waals surface area contributed by atoms with Gasteiger partial charge in [0.15, 0.2) is 0 Å². The van der Waals surface area contributed by atoms with E-state index in [4.69, 9.17) is 4.74 Å². The van der Waals surface area contributed by atoms with Crippen molar-refractivity contribution in [3.05, 3.63) is 35.7 Å². The minimum atomic E-state index is -0.00950. The van der Waals surface area contributed by atoms with Gasteiger partial charge in [0.05, 0.1) is 41.9 Å². The lowest BCUT2D eigenvalue weighted by Gasteiger charge is -2.41. The molecule has 2 aromatic rings. The van der Waals surface area contributed by atoms with Gasteiger partial charge >= 0.3 is 0 Å². The second kappa shape index (κ2) is 6.27. The molecule has 0 radical (unpaired) electrons. The van der Waals surface area contributed by atoms with E-state index in [0.717, 1.165) is 30.7 Å². The summed E-state index contributed by atoms with van der Waals surface area (Å²) in [7, 11) is 0. The molecule has 4 heterocycles. The van der Waals surface area contributed by atoms with Crippen LogP contribution in [0.3, 0.4) is 0 Å². The monoisotopic (exact) mass is 328 g/mol. The van der Waals surface area contributed by atoms with Crippen LogP contribution in [-0.4, -0.2) is 55.0 Å². The Morgan fingerprint density at radius 2 is 2.33 bits per heavy atom. The van der Waals surface area contributed by atoms with Crippen molar-refractivity contribution >= 4 is 5.91 Å². The summed E-state index contributed by atoms with van der Waals surface area (Å²) in [5.41, 5.74) is 2.38. The highest BCUT2D eigenvalue weighted by molar-refractivity contribution is 5.95. The van der Waals surface area contributed by atoms with E-state index in [1.54, 1.807) is 12.4 Å². The summed E-state index contributed by atoms with van der Waals surface area (Å²) in [6, 6.07) is 0.0215. The highest BCUT2D eigenvalue weighted by Gasteiger charge is 2.38. The Morgan fingerprint density at radius 1 is 1.42 bits per heavy atom. The molecule has 1 amide bonds. The van der Waals surface area contributed by atoms with E-state index in [0.29, 0.717) is 25.3 Å². The van der Waals surface area contributed by atoms with Crippen LogP contribution in [0.1, 0.15) is 47.6 Å². The number of carbonyl (C=O) groups is 1. The molecule has 8 heteroatoms. The van der Waals surface area contributed by atoms with Gasteiger partial charge in [0.1, 0.15) is 6.33 Å². The molecule has 0 aliphatic carbocycles. The molecule has 0 bridgehead atoms. The fraction of sp³-hybridized carbons (Fsp3) is 0.562. The van der Waals surface area contributed by atoms with Crippen LogP contribution >= 0.6 is 0 Å². The average Bonchev–Trinajstić information content (AvgIpc) is 3.11. The molecule has 2 aliphatic rings. The van der Waals surface area contributed by atoms with Crippen molar-refractivity contribution in [2.75, 3.05) is 13.1 Å². The Bertz CT molecular complexity index is 746. The molecular formula is C16H20N6O2. The highest BCUT2D eigenvalue weighted by Crippen LogP contribution is 2.30. The quantitative estimate of drug-likeness (QED) is 0.836. The van der Waals surface area contributed by atoms with Gasteiger partial charge in [0, 0.05) is 19.3 Å². The summed E-state index contributed by atoms with van der Waals surface area (Å²) in [4.78, 5) is 23.2. The number of hydrogen-bond donors (Lipinski definition) is 0. The Kier molecular flexibility index (Phi) is 3.97. The fourth-order valence-electron chi connectivity index (χ4n) is 3.50. The second-order valence-corrected chi connectivity index (χ2v) is 6.26. The van der Waals surface area contributed by atoms with Crippen LogP contribution in [0.2, 0.25) is 0 Å². The van der Waals surface area contributed by atoms with Crippen LogP contribution in [0.15, 0.2) is 18.7 Å². The Labute approximate surface area is 139 Å². The lowest BCUT2D eigenvalue weighted by Crippen LogP contribution is -2.50. The molecule has 1 fully saturated rings. The van der Waals surface area contributed by atoms with Gasteiger partial charge < -0.3 is 9.64 Å². The summed E-state index contributed by atoms with van der Waals surface area (Å²) in [6.07, 6.45) is 7.46. The number of amides is 1. The Morgan fingerprint density at radius 3 is 3.21 bits per heavy atom. The predicted octanol–water partition coefficient (Wildman–Crippen LogP) is 1.01. The minimum absolute atomic E-state index is 0.00950. The van der Waals surface area contributed by atoms with Gasteiger partial charge in [-0.2, -0.15) is 0 Å². The first kappa shape index (κ1) is 15.2. The molecule has 24 heavy (non-hydrogen) atoms. The number of aromatic nitrogens is 5. The second-order valence-electron chi connectivity index (χ2n) is 6.26. The van der Waals surface area contributed by atoms with Crippen molar-refractivity contribution in [3.63, 3.8) is 0 Å². The summed E-state index contributed by atoms with van der Waals surface area (Å²) in [5, 5.41) is 8.15. The van der Waals surface area contributed by atoms with Gasteiger partial charge in [-0.15, -0.1) is 5.10 Å². The van der Waals surface area contributed by atoms with Gasteiger partial charge in [0.25, 0.3) is 5.91 Å². The maximum Gasteiger partial charge on any atom is 0.257 e. The number of likely N-dealkylation sites (tertiary alicyclic amines) is 1. The minimum Gasteiger partial charge on any atom is -0.370 e. The summed E-state index contributed by atoms with van der Waals surface area (Å²) < 4.78 is 7.80. The number of piperidine rings is 1. The number of aryl methyl sites for hydroxylation is 1. The third-order valence-corrected chi connectivity index (χ3v) is 4.73. The Hall–Kier alpha value is -2.35. The van der Waals surface area contributed by atoms with Crippen LogP contribution in [0.4, 0.5) is 0 Å². The van der Waals surface area contributed by atoms with E-state index < -0.39 is 0 Å². The number of nitrogens with zero attached hydrogens (tertiary/aromatic N) is 6. The smallest absolute Gasteiger partial charge is 0.257 e. The van der Waals surface area contributed by atoms with E-state index in [-0.39, 0.29) is 18.1 Å². The molecule has 0 saturated carbocycles. The first-order chi connectivity index (χ1) is 11.8. The molecule has 1 saturated heterocycles. The third kappa shape index (κ3) is 2.56. The molecule has 0 spiro atoms. The van der Waals surface area contributed by atoms with Crippen molar-refractivity contribution in [1.82, 2.24) is 29.9 Å². The zero-order valence-corrected chi connectivity index (χ0v) is 13.6. The van der Waals surface area contributed by atoms with Gasteiger partial charge in [-0.05, 0) is 12.8 Å². The van der Waals surface area contributed by atoms with Gasteiger partial charge in [-0.1, -0.05) is 18.6 Å². The first-order valence-electron chi connectivity index (χ1n) is 8.36. The molecule has 8 nitrogen and oxygen atoms in total. The van der Waals surface area contributed by atoms with Crippen LogP contribution in [0, 0.1) is 0 Å². The van der Waals surface area contributed by atoms with E-state index in [1.807, 2.05) is 9.58 Å². The van der Waals surface area contributed by atoms with Crippen LogP contribution in [0.25, 0.3) is 0 Å². The van der Waals surface area contributed by atoms with Crippen molar-refractivity contribution < 1.29 is 9.53 Å². The molecule has 2 atom stereocenters. The first-order valence-corrected chi connectivity index (χ1v) is 8.36. The molecular weight excluding hydrogens is 308 g/mol. The number of ether oxygens (including phenoxy) is 1. The standard InChI is InChI=1S/C16H20N6O2/c1-2-3-13-12(7-17-10-18-13)16(23)21-5-4-15-14(8-21)22-11(9-24-15)6-19-20-22/h6-7,10,14-15H,2-5,8-9H2,1H3/t14-,15-/m1/s1. The largest absolute Gasteiger partial charge is 0.370 e. The summed E-state index contributed by atoms with van der Waals surface area (Å²) in [5.74, 6) is -0.00950. The predicted molar refractivity (Wildman–Crippen MR) is 84.2 cm³/mol. The SMILES string of the molecule is CCCc1ncncc1C(=O)N1CC[C@H]2OCc3cnnn3[C@@H]2C1. The van der Waals surface area contributed by atoms with Crippen LogP contribution in [0.5, 0.6) is 0 Å². The number of rotatable bonds is 3. The number of hydrogen-bond acceptors (Lipinski definition) is 6. The normalized spacial score (nSPS) is 22.8. The van der Waals surface area contributed by atoms with E-state index in [9.17, 15) is 4.79 Å². The number of fused-ring (bicyclic) bond motifs is 3. The zero-order chi connectivity index (χ0) is 16.5. The molecule has 2 aliphatic heterocycles. The molecule has 0 N–H and O–H groups in total. The lowest BCUT2D eigenvalue weighted by molar-refractivity contribution is -0.0605. The maximum atomic E-state index is 13.0. The van der Waals surface area contributed by atoms with Gasteiger partial charge in [-0.3, -0.25) is 4.79 Å². The number of carbonyl (C=O) groups excluding carboxylic acids is 1. The molecule has 2 aromatic heterocycles. The van der Waals surface area contributed by atoms with Crippen molar-refractivity contribution in [2.24, 2.45) is 0 Å². The molecule has 0 aromatic carbocycles. The maximum absolute atomic E-state index is 13.0.